The van der Waals surface area contributed by atoms with Gasteiger partial charge in [0.2, 0.25) is 23.2 Å². The van der Waals surface area contributed by atoms with Crippen molar-refractivity contribution in [3.05, 3.63) is 69.8 Å². The highest BCUT2D eigenvalue weighted by Gasteiger charge is 2.56. The Morgan fingerprint density at radius 2 is 1.75 bits per heavy atom. The molecule has 0 aliphatic rings. The van der Waals surface area contributed by atoms with Crippen LogP contribution < -0.4 is 17.0 Å². The van der Waals surface area contributed by atoms with Crippen molar-refractivity contribution >= 4 is 46.4 Å². The van der Waals surface area contributed by atoms with Gasteiger partial charge in [-0.3, -0.25) is 29.0 Å². The average molecular weight is 615 g/mol. The molecular formula is C28H31FN6O9. The lowest BCUT2D eigenvalue weighted by atomic mass is 9.83. The van der Waals surface area contributed by atoms with E-state index in [-0.39, 0.29) is 29.9 Å². The van der Waals surface area contributed by atoms with Crippen LogP contribution in [0.3, 0.4) is 0 Å². The molecule has 0 saturated carbocycles. The number of carboxylic acid groups (broad SMARTS) is 3. The van der Waals surface area contributed by atoms with Gasteiger partial charge in [0.1, 0.15) is 11.9 Å². The Morgan fingerprint density at radius 1 is 1.07 bits per heavy atom. The normalized spacial score (nSPS) is 13.3. The van der Waals surface area contributed by atoms with Gasteiger partial charge in [0.15, 0.2) is 0 Å². The van der Waals surface area contributed by atoms with E-state index in [9.17, 15) is 48.5 Å². The van der Waals surface area contributed by atoms with Crippen molar-refractivity contribution in [2.45, 2.75) is 50.7 Å². The van der Waals surface area contributed by atoms with Crippen LogP contribution in [0.2, 0.25) is 0 Å². The fourth-order valence-corrected chi connectivity index (χ4v) is 4.72. The fourth-order valence-electron chi connectivity index (χ4n) is 4.72. The van der Waals surface area contributed by atoms with E-state index in [4.69, 9.17) is 11.5 Å². The number of hydrogen-bond acceptors (Lipinski definition) is 10. The minimum absolute atomic E-state index is 0.107. The molecule has 0 unspecified atom stereocenters. The maximum atomic E-state index is 14.9. The molecule has 2 atom stereocenters. The Hall–Kier alpha value is -5.22. The minimum Gasteiger partial charge on any atom is -0.481 e. The smallest absolute Gasteiger partial charge is 0.339 e. The van der Waals surface area contributed by atoms with E-state index in [0.717, 1.165) is 17.1 Å². The monoisotopic (exact) mass is 614 g/mol. The number of hydrogen-bond donors (Lipinski definition) is 6. The maximum Gasteiger partial charge on any atom is 0.339 e. The summed E-state index contributed by atoms with van der Waals surface area (Å²) >= 11 is 0. The number of amides is 1. The minimum atomic E-state index is -2.99. The number of aliphatic carboxylic acids is 3. The molecule has 8 N–H and O–H groups in total. The highest BCUT2D eigenvalue weighted by Crippen LogP contribution is 2.32. The molecule has 44 heavy (non-hydrogen) atoms. The number of benzene rings is 2. The Balaban J connectivity index is 2.24. The molecule has 16 heteroatoms. The number of rotatable bonds is 15. The number of nitrogens with two attached hydrogens (primary N) is 2. The average Bonchev–Trinajstić information content (AvgIpc) is 2.96. The first kappa shape index (κ1) is 33.3. The number of anilines is 1. The van der Waals surface area contributed by atoms with E-state index in [0.29, 0.717) is 10.6 Å². The van der Waals surface area contributed by atoms with Crippen LogP contribution in [0.15, 0.2) is 47.3 Å². The summed E-state index contributed by atoms with van der Waals surface area (Å²) in [4.78, 5) is 82.9. The third kappa shape index (κ3) is 7.04. The van der Waals surface area contributed by atoms with Gasteiger partial charge >= 0.3 is 17.9 Å². The topological polar surface area (TPSA) is 250 Å². The van der Waals surface area contributed by atoms with Crippen LogP contribution in [-0.4, -0.2) is 83.0 Å². The number of nitrogens with zero attached hydrogens (tertiary/aromatic N) is 3. The van der Waals surface area contributed by atoms with Gasteiger partial charge in [-0.1, -0.05) is 25.1 Å². The molecule has 1 aromatic heterocycles. The van der Waals surface area contributed by atoms with Gasteiger partial charge in [0, 0.05) is 32.4 Å². The Kier molecular flexibility index (Phi) is 10.5. The lowest BCUT2D eigenvalue weighted by molar-refractivity contribution is -0.180. The third-order valence-electron chi connectivity index (χ3n) is 6.93. The molecule has 0 fully saturated rings. The van der Waals surface area contributed by atoms with Crippen molar-refractivity contribution in [2.24, 2.45) is 5.73 Å². The number of nitrogen functional groups attached to an aromatic ring is 1. The van der Waals surface area contributed by atoms with Crippen LogP contribution >= 0.6 is 0 Å². The van der Waals surface area contributed by atoms with Gasteiger partial charge in [0.25, 0.3) is 5.56 Å². The van der Waals surface area contributed by atoms with Gasteiger partial charge in [-0.05, 0) is 36.2 Å². The van der Waals surface area contributed by atoms with Gasteiger partial charge in [-0.25, -0.2) is 24.2 Å². The molecule has 3 rings (SSSR count). The number of Topliss-reactive ketones (excluding diaryl/α,β-unsaturated/α-hetero) is 1. The summed E-state index contributed by atoms with van der Waals surface area (Å²) in [7, 11) is 0. The van der Waals surface area contributed by atoms with Crippen molar-refractivity contribution in [3.8, 4) is 0 Å². The predicted molar refractivity (Wildman–Crippen MR) is 153 cm³/mol. The van der Waals surface area contributed by atoms with Crippen LogP contribution in [0.1, 0.15) is 48.5 Å². The number of H-pyrrole nitrogens is 1. The number of carboxylic acids is 3. The largest absolute Gasteiger partial charge is 0.481 e. The third-order valence-corrected chi connectivity index (χ3v) is 6.93. The Morgan fingerprint density at radius 3 is 2.34 bits per heavy atom. The summed E-state index contributed by atoms with van der Waals surface area (Å²) in [5.41, 5.74) is 7.46. The number of carbonyl (C=O) groups excluding carboxylic acids is 2. The summed E-state index contributed by atoms with van der Waals surface area (Å²) in [5, 5.41) is 31.1. The van der Waals surface area contributed by atoms with Crippen LogP contribution in [0.5, 0.6) is 0 Å². The number of aromatic nitrogens is 2. The second kappa shape index (κ2) is 13.8. The van der Waals surface area contributed by atoms with Crippen LogP contribution in [0.25, 0.3) is 10.9 Å². The summed E-state index contributed by atoms with van der Waals surface area (Å²) in [5.74, 6) is -8.62. The number of nitrogens with one attached hydrogen (secondary N) is 1. The first-order valence-electron chi connectivity index (χ1n) is 13.3. The molecule has 0 aliphatic carbocycles. The first-order chi connectivity index (χ1) is 20.7. The van der Waals surface area contributed by atoms with Crippen LogP contribution in [0, 0.1) is 5.82 Å². The Labute approximate surface area is 248 Å². The van der Waals surface area contributed by atoms with E-state index in [1.807, 2.05) is 0 Å². The quantitative estimate of drug-likeness (QED) is 0.0794. The molecule has 0 bridgehead atoms. The second-order valence-electron chi connectivity index (χ2n) is 9.84. The highest BCUT2D eigenvalue weighted by molar-refractivity contribution is 6.18. The summed E-state index contributed by atoms with van der Waals surface area (Å²) in [6, 6.07) is 7.28. The molecule has 0 spiro atoms. The fraction of sp³-hybridized carbons (Fsp3) is 0.321. The molecule has 0 radical (unpaired) electrons. The SMILES string of the molecule is CCN(Cc1ccc2nc(N)[nH]c(=O)c2c1)N(C(=O)CC[C@H](N)C(=O)O)[C@](CCC(=O)O)(C(=O)O)C(=O)c1ccccc1F. The zero-order chi connectivity index (χ0) is 32.8. The zero-order valence-corrected chi connectivity index (χ0v) is 23.5. The maximum absolute atomic E-state index is 14.9. The standard InChI is InChI=1S/C28H31FN6O9/c1-2-34(14-15-7-9-20-17(13-15)24(40)33-27(31)32-20)35(21(36)10-8-19(30)25(41)42)28(26(43)44,12-11-22(37)38)23(39)16-5-3-4-6-18(16)29/h3-7,9,13,19H,2,8,10-12,14,30H2,1H3,(H,37,38)(H,41,42)(H,43,44)(H3,31,32,33,40)/t19-,28-/m0/s1. The van der Waals surface area contributed by atoms with E-state index in [1.54, 1.807) is 0 Å². The predicted octanol–water partition coefficient (Wildman–Crippen LogP) is 0.973. The summed E-state index contributed by atoms with van der Waals surface area (Å²) in [6.45, 7) is 1.05. The van der Waals surface area contributed by atoms with Crippen LogP contribution in [-0.2, 0) is 25.7 Å². The van der Waals surface area contributed by atoms with Gasteiger partial charge < -0.3 is 26.8 Å². The molecule has 1 amide bonds. The van der Waals surface area contributed by atoms with Crippen molar-refractivity contribution in [3.63, 3.8) is 0 Å². The number of fused-ring (bicyclic) bond motifs is 1. The zero-order valence-electron chi connectivity index (χ0n) is 23.5. The van der Waals surface area contributed by atoms with Crippen molar-refractivity contribution in [1.29, 1.82) is 0 Å². The van der Waals surface area contributed by atoms with Crippen molar-refractivity contribution in [2.75, 3.05) is 12.3 Å². The van der Waals surface area contributed by atoms with Crippen molar-refractivity contribution < 1.29 is 43.7 Å². The van der Waals surface area contributed by atoms with E-state index in [2.05, 4.69) is 9.97 Å². The molecule has 0 aliphatic heterocycles. The number of halogens is 1. The number of aromatic amines is 1. The number of hydrazine groups is 1. The van der Waals surface area contributed by atoms with Gasteiger partial charge in [-0.15, -0.1) is 0 Å². The lowest BCUT2D eigenvalue weighted by Gasteiger charge is -2.45. The molecule has 0 saturated heterocycles. The van der Waals surface area contributed by atoms with Gasteiger partial charge in [-0.2, -0.15) is 0 Å². The van der Waals surface area contributed by atoms with E-state index >= 15 is 0 Å². The Bertz CT molecular complexity index is 1660. The van der Waals surface area contributed by atoms with E-state index in [1.165, 1.54) is 37.3 Å². The van der Waals surface area contributed by atoms with Gasteiger partial charge in [0.05, 0.1) is 16.5 Å². The lowest BCUT2D eigenvalue weighted by Crippen LogP contribution is -2.67. The highest BCUT2D eigenvalue weighted by atomic mass is 19.1. The number of ketones is 1. The molecule has 234 valence electrons. The van der Waals surface area contributed by atoms with Crippen molar-refractivity contribution in [1.82, 2.24) is 20.0 Å². The molecule has 3 aromatic rings. The number of carbonyl (C=O) groups is 5. The molecule has 1 heterocycles. The molecule has 15 nitrogen and oxygen atoms in total. The van der Waals surface area contributed by atoms with E-state index < -0.39 is 83.8 Å². The molecular weight excluding hydrogens is 583 g/mol. The molecule has 2 aromatic carbocycles. The second-order valence-corrected chi connectivity index (χ2v) is 9.84. The summed E-state index contributed by atoms with van der Waals surface area (Å²) in [6.07, 6.45) is -3.03. The summed E-state index contributed by atoms with van der Waals surface area (Å²) < 4.78 is 14.9. The first-order valence-corrected chi connectivity index (χ1v) is 13.3. The van der Waals surface area contributed by atoms with Crippen LogP contribution in [0.4, 0.5) is 10.3 Å².